The highest BCUT2D eigenvalue weighted by molar-refractivity contribution is 5.94. The summed E-state index contributed by atoms with van der Waals surface area (Å²) >= 11 is 0. The molecular weight excluding hydrogens is 400 g/mol. The van der Waals surface area contributed by atoms with Crippen molar-refractivity contribution in [3.8, 4) is 0 Å². The number of aromatic nitrogens is 2. The first-order valence-electron chi connectivity index (χ1n) is 11.3. The topological polar surface area (TPSA) is 88.2 Å². The number of hydrogen-bond donors (Lipinski definition) is 3. The Balaban J connectivity index is 1.30. The number of anilines is 3. The maximum absolute atomic E-state index is 12.9. The Morgan fingerprint density at radius 2 is 2.00 bits per heavy atom. The molecule has 2 aliphatic rings. The number of nitrogens with one attached hydrogen (secondary N) is 2. The van der Waals surface area contributed by atoms with Gasteiger partial charge in [0.25, 0.3) is 5.91 Å². The van der Waals surface area contributed by atoms with Crippen LogP contribution in [0.15, 0.2) is 36.5 Å². The molecule has 0 atom stereocenters. The lowest BCUT2D eigenvalue weighted by Gasteiger charge is -2.19. The van der Waals surface area contributed by atoms with Gasteiger partial charge in [-0.05, 0) is 67.6 Å². The van der Waals surface area contributed by atoms with Crippen molar-refractivity contribution >= 4 is 23.1 Å². The second-order valence-electron chi connectivity index (χ2n) is 8.85. The predicted octanol–water partition coefficient (Wildman–Crippen LogP) is 3.59. The van der Waals surface area contributed by atoms with Crippen molar-refractivity contribution in [2.45, 2.75) is 46.3 Å². The summed E-state index contributed by atoms with van der Waals surface area (Å²) in [5.41, 5.74) is 14.2. The summed E-state index contributed by atoms with van der Waals surface area (Å²) in [4.78, 5) is 19.6. The van der Waals surface area contributed by atoms with Crippen molar-refractivity contribution in [1.82, 2.24) is 14.9 Å². The number of rotatable bonds is 4. The highest BCUT2D eigenvalue weighted by Gasteiger charge is 2.19. The molecular formula is C25H30N6O. The van der Waals surface area contributed by atoms with E-state index in [1.165, 1.54) is 29.8 Å². The Bertz CT molecular complexity index is 1150. The SMILES string of the molecule is Cc1cc(N)nc(C)c1CNC(=O)c1cc2n(c1)Cc1ccc(N3CCCC3)cc1NC2. The van der Waals surface area contributed by atoms with Gasteiger partial charge >= 0.3 is 0 Å². The van der Waals surface area contributed by atoms with Gasteiger partial charge in [0.05, 0.1) is 12.1 Å². The van der Waals surface area contributed by atoms with Gasteiger partial charge in [0.2, 0.25) is 0 Å². The van der Waals surface area contributed by atoms with E-state index in [0.29, 0.717) is 24.5 Å². The highest BCUT2D eigenvalue weighted by Crippen LogP contribution is 2.30. The predicted molar refractivity (Wildman–Crippen MR) is 128 cm³/mol. The average Bonchev–Trinajstić information content (AvgIpc) is 3.40. The summed E-state index contributed by atoms with van der Waals surface area (Å²) in [6.07, 6.45) is 4.50. The van der Waals surface area contributed by atoms with E-state index < -0.39 is 0 Å². The number of nitrogen functional groups attached to an aromatic ring is 1. The van der Waals surface area contributed by atoms with Crippen LogP contribution in [-0.4, -0.2) is 28.5 Å². The maximum Gasteiger partial charge on any atom is 0.253 e. The van der Waals surface area contributed by atoms with E-state index in [4.69, 9.17) is 5.73 Å². The average molecular weight is 431 g/mol. The minimum atomic E-state index is -0.0780. The molecule has 3 aromatic rings. The molecule has 2 aliphatic heterocycles. The van der Waals surface area contributed by atoms with E-state index in [1.54, 1.807) is 0 Å². The Kier molecular flexibility index (Phi) is 5.25. The molecule has 7 nitrogen and oxygen atoms in total. The van der Waals surface area contributed by atoms with Crippen LogP contribution in [0.2, 0.25) is 0 Å². The molecule has 32 heavy (non-hydrogen) atoms. The molecule has 1 saturated heterocycles. The molecule has 0 bridgehead atoms. The first-order chi connectivity index (χ1) is 15.5. The minimum absolute atomic E-state index is 0.0780. The smallest absolute Gasteiger partial charge is 0.253 e. The van der Waals surface area contributed by atoms with E-state index >= 15 is 0 Å². The third-order valence-electron chi connectivity index (χ3n) is 6.61. The molecule has 4 N–H and O–H groups in total. The summed E-state index contributed by atoms with van der Waals surface area (Å²) < 4.78 is 2.17. The first-order valence-corrected chi connectivity index (χ1v) is 11.3. The molecule has 4 heterocycles. The lowest BCUT2D eigenvalue weighted by atomic mass is 10.1. The number of nitrogens with two attached hydrogens (primary N) is 1. The van der Waals surface area contributed by atoms with E-state index in [-0.39, 0.29) is 5.91 Å². The van der Waals surface area contributed by atoms with Gasteiger partial charge in [-0.15, -0.1) is 0 Å². The number of hydrogen-bond acceptors (Lipinski definition) is 5. The van der Waals surface area contributed by atoms with Crippen LogP contribution in [0.4, 0.5) is 17.2 Å². The van der Waals surface area contributed by atoms with Gasteiger partial charge < -0.3 is 25.8 Å². The molecule has 1 amide bonds. The summed E-state index contributed by atoms with van der Waals surface area (Å²) in [5, 5.41) is 6.62. The number of nitrogens with zero attached hydrogens (tertiary/aromatic N) is 3. The van der Waals surface area contributed by atoms with Crippen molar-refractivity contribution in [1.29, 1.82) is 0 Å². The molecule has 1 fully saturated rings. The maximum atomic E-state index is 12.9. The number of carbonyl (C=O) groups is 1. The lowest BCUT2D eigenvalue weighted by Crippen LogP contribution is -2.23. The largest absolute Gasteiger partial charge is 0.384 e. The van der Waals surface area contributed by atoms with Crippen LogP contribution in [0.25, 0.3) is 0 Å². The number of pyridine rings is 1. The van der Waals surface area contributed by atoms with E-state index in [1.807, 2.05) is 32.2 Å². The zero-order valence-electron chi connectivity index (χ0n) is 18.7. The zero-order chi connectivity index (χ0) is 22.2. The molecule has 0 aliphatic carbocycles. The number of fused-ring (bicyclic) bond motifs is 2. The van der Waals surface area contributed by atoms with Gasteiger partial charge in [-0.2, -0.15) is 0 Å². The van der Waals surface area contributed by atoms with Gasteiger partial charge in [0.1, 0.15) is 5.82 Å². The van der Waals surface area contributed by atoms with Gasteiger partial charge in [0, 0.05) is 55.1 Å². The summed E-state index contributed by atoms with van der Waals surface area (Å²) in [5.74, 6) is 0.428. The van der Waals surface area contributed by atoms with Crippen LogP contribution in [0.1, 0.15) is 51.3 Å². The Morgan fingerprint density at radius 3 is 2.78 bits per heavy atom. The number of amides is 1. The summed E-state index contributed by atoms with van der Waals surface area (Å²) in [6.45, 7) is 8.08. The number of carbonyl (C=O) groups excluding carboxylic acids is 1. The van der Waals surface area contributed by atoms with Crippen LogP contribution in [0.3, 0.4) is 0 Å². The first kappa shape index (κ1) is 20.4. The fourth-order valence-corrected chi connectivity index (χ4v) is 4.81. The Hall–Kier alpha value is -3.48. The van der Waals surface area contributed by atoms with Crippen LogP contribution in [-0.2, 0) is 19.6 Å². The Labute approximate surface area is 188 Å². The van der Waals surface area contributed by atoms with Gasteiger partial charge in [-0.3, -0.25) is 4.79 Å². The van der Waals surface area contributed by atoms with Crippen LogP contribution in [0, 0.1) is 13.8 Å². The lowest BCUT2D eigenvalue weighted by molar-refractivity contribution is 0.0950. The van der Waals surface area contributed by atoms with E-state index in [0.717, 1.165) is 42.1 Å². The second kappa shape index (κ2) is 8.22. The van der Waals surface area contributed by atoms with Gasteiger partial charge in [-0.25, -0.2) is 4.98 Å². The van der Waals surface area contributed by atoms with Gasteiger partial charge in [-0.1, -0.05) is 6.07 Å². The third-order valence-corrected chi connectivity index (χ3v) is 6.61. The van der Waals surface area contributed by atoms with Gasteiger partial charge in [0.15, 0.2) is 0 Å². The summed E-state index contributed by atoms with van der Waals surface area (Å²) in [6, 6.07) is 10.5. The molecule has 0 unspecified atom stereocenters. The van der Waals surface area contributed by atoms with E-state index in [2.05, 4.69) is 43.3 Å². The molecule has 0 spiro atoms. The molecule has 7 heteroatoms. The third kappa shape index (κ3) is 3.90. The van der Waals surface area contributed by atoms with Crippen molar-refractivity contribution in [3.05, 3.63) is 70.2 Å². The second-order valence-corrected chi connectivity index (χ2v) is 8.85. The molecule has 2 aromatic heterocycles. The molecule has 0 radical (unpaired) electrons. The Morgan fingerprint density at radius 1 is 1.19 bits per heavy atom. The van der Waals surface area contributed by atoms with Crippen molar-refractivity contribution in [2.75, 3.05) is 29.0 Å². The fraction of sp³-hybridized carbons (Fsp3) is 0.360. The van der Waals surface area contributed by atoms with Crippen LogP contribution < -0.4 is 21.3 Å². The normalized spacial score (nSPS) is 15.0. The van der Waals surface area contributed by atoms with Crippen molar-refractivity contribution in [3.63, 3.8) is 0 Å². The van der Waals surface area contributed by atoms with Crippen LogP contribution in [0.5, 0.6) is 0 Å². The quantitative estimate of drug-likeness (QED) is 0.589. The van der Waals surface area contributed by atoms with Crippen molar-refractivity contribution < 1.29 is 4.79 Å². The molecule has 0 saturated carbocycles. The van der Waals surface area contributed by atoms with E-state index in [9.17, 15) is 4.79 Å². The monoisotopic (exact) mass is 430 g/mol. The standard InChI is InChI=1S/C25H30N6O/c1-16-9-24(26)29-17(2)22(16)13-28-25(32)19-10-21-12-27-23-11-20(30-7-3-4-8-30)6-5-18(23)14-31(21)15-19/h5-6,9-11,15,27H,3-4,7-8,12-14H2,1-2H3,(H2,26,29)(H,28,32). The fourth-order valence-electron chi connectivity index (χ4n) is 4.81. The summed E-state index contributed by atoms with van der Waals surface area (Å²) in [7, 11) is 0. The minimum Gasteiger partial charge on any atom is -0.384 e. The number of benzene rings is 1. The molecule has 1 aromatic carbocycles. The van der Waals surface area contributed by atoms with Crippen LogP contribution >= 0.6 is 0 Å². The molecule has 166 valence electrons. The highest BCUT2D eigenvalue weighted by atomic mass is 16.1. The molecule has 5 rings (SSSR count). The number of aryl methyl sites for hydroxylation is 2. The van der Waals surface area contributed by atoms with Crippen molar-refractivity contribution in [2.24, 2.45) is 0 Å². The zero-order valence-corrected chi connectivity index (χ0v) is 18.7.